The predicted molar refractivity (Wildman–Crippen MR) is 120 cm³/mol. The molecule has 4 heterocycles. The van der Waals surface area contributed by atoms with Crippen molar-refractivity contribution in [3.8, 4) is 0 Å². The van der Waals surface area contributed by atoms with Gasteiger partial charge in [-0.3, -0.25) is 4.79 Å². The Bertz CT molecular complexity index is 1080. The zero-order valence-corrected chi connectivity index (χ0v) is 18.7. The maximum absolute atomic E-state index is 12.9. The summed E-state index contributed by atoms with van der Waals surface area (Å²) < 4.78 is 27.3. The van der Waals surface area contributed by atoms with Gasteiger partial charge in [-0.25, -0.2) is 13.4 Å². The number of sulfonamides is 1. The number of hydrogen-bond donors (Lipinski definition) is 0. The molecule has 0 saturated carbocycles. The number of aromatic nitrogens is 1. The van der Waals surface area contributed by atoms with Crippen LogP contribution in [0.2, 0.25) is 0 Å². The van der Waals surface area contributed by atoms with Gasteiger partial charge >= 0.3 is 0 Å². The van der Waals surface area contributed by atoms with Crippen molar-refractivity contribution >= 4 is 32.7 Å². The van der Waals surface area contributed by atoms with Crippen LogP contribution in [0, 0.1) is 5.92 Å². The summed E-state index contributed by atoms with van der Waals surface area (Å²) in [6, 6.07) is 9.11. The summed E-state index contributed by atoms with van der Waals surface area (Å²) in [5.74, 6) is 1.19. The van der Waals surface area contributed by atoms with Crippen LogP contribution >= 0.6 is 0 Å². The van der Waals surface area contributed by atoms with Crippen molar-refractivity contribution < 1.29 is 13.2 Å². The van der Waals surface area contributed by atoms with E-state index in [0.29, 0.717) is 30.4 Å². The van der Waals surface area contributed by atoms with Crippen molar-refractivity contribution in [3.63, 3.8) is 0 Å². The SMILES string of the molecule is O=C(C1CCCN(c2ccc3cc(S(=O)(=O)N4CCCC4)ccc3n2)C1)N1CCCC1. The van der Waals surface area contributed by atoms with E-state index < -0.39 is 10.0 Å². The molecule has 2 aromatic rings. The Balaban J connectivity index is 1.35. The lowest BCUT2D eigenvalue weighted by molar-refractivity contribution is -0.134. The van der Waals surface area contributed by atoms with Gasteiger partial charge in [0, 0.05) is 44.7 Å². The highest BCUT2D eigenvalue weighted by Gasteiger charge is 2.31. The first-order valence-corrected chi connectivity index (χ1v) is 12.9. The molecule has 0 bridgehead atoms. The van der Waals surface area contributed by atoms with Gasteiger partial charge in [-0.15, -0.1) is 0 Å². The fourth-order valence-electron chi connectivity index (χ4n) is 5.09. The van der Waals surface area contributed by atoms with E-state index in [1.165, 1.54) is 0 Å². The second-order valence-corrected chi connectivity index (χ2v) is 10.9. The van der Waals surface area contributed by atoms with Crippen molar-refractivity contribution in [3.05, 3.63) is 30.3 Å². The van der Waals surface area contributed by atoms with E-state index in [0.717, 1.165) is 74.9 Å². The molecular weight excluding hydrogens is 412 g/mol. The summed E-state index contributed by atoms with van der Waals surface area (Å²) in [7, 11) is -3.43. The fourth-order valence-corrected chi connectivity index (χ4v) is 6.64. The number of fused-ring (bicyclic) bond motifs is 1. The molecule has 0 radical (unpaired) electrons. The lowest BCUT2D eigenvalue weighted by atomic mass is 9.96. The average Bonchev–Trinajstić information content (AvgIpc) is 3.53. The number of rotatable bonds is 4. The Morgan fingerprint density at radius 3 is 2.42 bits per heavy atom. The number of carbonyl (C=O) groups excluding carboxylic acids is 1. The van der Waals surface area contributed by atoms with Crippen LogP contribution in [0.15, 0.2) is 35.2 Å². The van der Waals surface area contributed by atoms with Crippen molar-refractivity contribution in [1.82, 2.24) is 14.2 Å². The van der Waals surface area contributed by atoms with Crippen LogP contribution in [0.3, 0.4) is 0 Å². The monoisotopic (exact) mass is 442 g/mol. The minimum atomic E-state index is -3.43. The molecule has 31 heavy (non-hydrogen) atoms. The molecule has 1 aromatic heterocycles. The molecule has 3 fully saturated rings. The predicted octanol–water partition coefficient (Wildman–Crippen LogP) is 2.86. The molecule has 0 spiro atoms. The number of amides is 1. The van der Waals surface area contributed by atoms with Crippen LogP contribution in [-0.4, -0.2) is 67.8 Å². The van der Waals surface area contributed by atoms with Gasteiger partial charge in [0.15, 0.2) is 0 Å². The number of anilines is 1. The van der Waals surface area contributed by atoms with E-state index in [-0.39, 0.29) is 5.92 Å². The maximum Gasteiger partial charge on any atom is 0.243 e. The van der Waals surface area contributed by atoms with Gasteiger partial charge in [-0.2, -0.15) is 4.31 Å². The maximum atomic E-state index is 12.9. The van der Waals surface area contributed by atoms with Gasteiger partial charge in [0.25, 0.3) is 0 Å². The standard InChI is InChI=1S/C23H30N4O3S/c28-23(25-11-1-2-12-25)19-6-5-13-26(17-19)22-10-7-18-16-20(8-9-21(18)24-22)31(29,30)27-14-3-4-15-27/h7-10,16,19H,1-6,11-15,17H2. The number of piperidine rings is 1. The molecule has 3 saturated heterocycles. The smallest absolute Gasteiger partial charge is 0.243 e. The second kappa shape index (κ2) is 8.39. The summed E-state index contributed by atoms with van der Waals surface area (Å²) in [6.45, 7) is 4.59. The van der Waals surface area contributed by atoms with Crippen LogP contribution in [-0.2, 0) is 14.8 Å². The molecule has 8 heteroatoms. The third-order valence-corrected chi connectivity index (χ3v) is 8.76. The molecule has 5 rings (SSSR count). The van der Waals surface area contributed by atoms with Gasteiger partial charge in [-0.05, 0) is 68.9 Å². The first-order valence-electron chi connectivity index (χ1n) is 11.5. The van der Waals surface area contributed by atoms with E-state index >= 15 is 0 Å². The number of benzene rings is 1. The van der Waals surface area contributed by atoms with Gasteiger partial charge in [0.05, 0.1) is 16.3 Å². The third-order valence-electron chi connectivity index (χ3n) is 6.86. The Morgan fingerprint density at radius 2 is 1.65 bits per heavy atom. The van der Waals surface area contributed by atoms with Gasteiger partial charge in [0.2, 0.25) is 15.9 Å². The fraction of sp³-hybridized carbons (Fsp3) is 0.565. The Kier molecular flexibility index (Phi) is 5.60. The molecule has 1 amide bonds. The van der Waals surface area contributed by atoms with E-state index in [9.17, 15) is 13.2 Å². The summed E-state index contributed by atoms with van der Waals surface area (Å²) >= 11 is 0. The number of nitrogens with zero attached hydrogens (tertiary/aromatic N) is 4. The van der Waals surface area contributed by atoms with E-state index in [1.54, 1.807) is 22.5 Å². The molecule has 0 N–H and O–H groups in total. The zero-order chi connectivity index (χ0) is 21.4. The van der Waals surface area contributed by atoms with Crippen LogP contribution in [0.4, 0.5) is 5.82 Å². The molecule has 1 aromatic carbocycles. The first kappa shape index (κ1) is 20.7. The summed E-state index contributed by atoms with van der Waals surface area (Å²) in [6.07, 6.45) is 6.01. The van der Waals surface area contributed by atoms with Crippen molar-refractivity contribution in [2.45, 2.75) is 43.4 Å². The van der Waals surface area contributed by atoms with Crippen LogP contribution in [0.25, 0.3) is 10.9 Å². The van der Waals surface area contributed by atoms with Crippen LogP contribution < -0.4 is 4.90 Å². The number of likely N-dealkylation sites (tertiary alicyclic amines) is 1. The Morgan fingerprint density at radius 1 is 0.903 bits per heavy atom. The van der Waals surface area contributed by atoms with Crippen molar-refractivity contribution in [2.75, 3.05) is 44.2 Å². The molecule has 3 aliphatic rings. The molecule has 0 aliphatic carbocycles. The third kappa shape index (κ3) is 4.03. The van der Waals surface area contributed by atoms with Gasteiger partial charge in [-0.1, -0.05) is 0 Å². The van der Waals surface area contributed by atoms with Crippen LogP contribution in [0.1, 0.15) is 38.5 Å². The highest BCUT2D eigenvalue weighted by molar-refractivity contribution is 7.89. The largest absolute Gasteiger partial charge is 0.356 e. The normalized spacial score (nSPS) is 23.0. The summed E-state index contributed by atoms with van der Waals surface area (Å²) in [5.41, 5.74) is 0.783. The highest BCUT2D eigenvalue weighted by atomic mass is 32.2. The number of carbonyl (C=O) groups is 1. The summed E-state index contributed by atoms with van der Waals surface area (Å²) in [4.78, 5) is 22.2. The number of pyridine rings is 1. The first-order chi connectivity index (χ1) is 15.0. The lowest BCUT2D eigenvalue weighted by Crippen LogP contribution is -2.44. The second-order valence-electron chi connectivity index (χ2n) is 8.95. The summed E-state index contributed by atoms with van der Waals surface area (Å²) in [5, 5.41) is 0.825. The highest BCUT2D eigenvalue weighted by Crippen LogP contribution is 2.28. The number of hydrogen-bond acceptors (Lipinski definition) is 5. The molecule has 7 nitrogen and oxygen atoms in total. The van der Waals surface area contributed by atoms with Gasteiger partial charge in [0.1, 0.15) is 5.82 Å². The minimum Gasteiger partial charge on any atom is -0.356 e. The molecule has 1 atom stereocenters. The van der Waals surface area contributed by atoms with Gasteiger partial charge < -0.3 is 9.80 Å². The molecule has 166 valence electrons. The quantitative estimate of drug-likeness (QED) is 0.728. The minimum absolute atomic E-state index is 0.0392. The zero-order valence-electron chi connectivity index (χ0n) is 17.9. The van der Waals surface area contributed by atoms with E-state index in [2.05, 4.69) is 4.90 Å². The Hall–Kier alpha value is -2.19. The molecule has 1 unspecified atom stereocenters. The molecular formula is C23H30N4O3S. The van der Waals surface area contributed by atoms with E-state index in [1.807, 2.05) is 17.0 Å². The van der Waals surface area contributed by atoms with Crippen LogP contribution in [0.5, 0.6) is 0 Å². The molecule has 3 aliphatic heterocycles. The Labute approximate surface area is 184 Å². The average molecular weight is 443 g/mol. The van der Waals surface area contributed by atoms with E-state index in [4.69, 9.17) is 4.98 Å². The van der Waals surface area contributed by atoms with Crippen molar-refractivity contribution in [1.29, 1.82) is 0 Å². The topological polar surface area (TPSA) is 73.8 Å². The lowest BCUT2D eigenvalue weighted by Gasteiger charge is -2.34. The van der Waals surface area contributed by atoms with Crippen molar-refractivity contribution in [2.24, 2.45) is 5.92 Å².